The molecule has 0 spiro atoms. The average Bonchev–Trinajstić information content (AvgIpc) is 3.08. The first kappa shape index (κ1) is 16.4. The highest BCUT2D eigenvalue weighted by Gasteiger charge is 2.17. The number of hydrogen-bond donors (Lipinski definition) is 0. The molecule has 0 aliphatic carbocycles. The Morgan fingerprint density at radius 3 is 2.81 bits per heavy atom. The second kappa shape index (κ2) is 6.34. The summed E-state index contributed by atoms with van der Waals surface area (Å²) >= 11 is 1.44. The van der Waals surface area contributed by atoms with Gasteiger partial charge in [-0.25, -0.2) is 9.97 Å². The van der Waals surface area contributed by atoms with Gasteiger partial charge in [0, 0.05) is 7.05 Å². The molecule has 2 aromatic heterocycles. The molecule has 0 aliphatic rings. The summed E-state index contributed by atoms with van der Waals surface area (Å²) in [5.74, 6) is -0.222. The van der Waals surface area contributed by atoms with Gasteiger partial charge in [-0.2, -0.15) is 0 Å². The predicted molar refractivity (Wildman–Crippen MR) is 104 cm³/mol. The molecule has 0 aliphatic heterocycles. The molecule has 0 unspecified atom stereocenters. The first-order valence-corrected chi connectivity index (χ1v) is 8.93. The topological polar surface area (TPSA) is 68.1 Å². The summed E-state index contributed by atoms with van der Waals surface area (Å²) in [6, 6.07) is 13.2. The van der Waals surface area contributed by atoms with Crippen molar-refractivity contribution in [3.05, 3.63) is 64.7 Å². The van der Waals surface area contributed by atoms with E-state index in [1.807, 2.05) is 43.3 Å². The Morgan fingerprint density at radius 2 is 2.00 bits per heavy atom. The lowest BCUT2D eigenvalue weighted by Crippen LogP contribution is -2.34. The molecule has 2 heterocycles. The van der Waals surface area contributed by atoms with Gasteiger partial charge in [0.25, 0.3) is 5.56 Å². The zero-order chi connectivity index (χ0) is 18.3. The molecule has 26 heavy (non-hydrogen) atoms. The summed E-state index contributed by atoms with van der Waals surface area (Å²) in [7, 11) is 1.67. The van der Waals surface area contributed by atoms with Crippen molar-refractivity contribution in [2.24, 2.45) is 0 Å². The van der Waals surface area contributed by atoms with Crippen molar-refractivity contribution in [3.8, 4) is 0 Å². The van der Waals surface area contributed by atoms with Gasteiger partial charge in [0.15, 0.2) is 5.13 Å². The maximum absolute atomic E-state index is 12.7. The van der Waals surface area contributed by atoms with E-state index < -0.39 is 0 Å². The van der Waals surface area contributed by atoms with Crippen LogP contribution in [0.4, 0.5) is 5.13 Å². The molecule has 0 bridgehead atoms. The maximum Gasteiger partial charge on any atom is 0.261 e. The van der Waals surface area contributed by atoms with E-state index >= 15 is 0 Å². The molecule has 7 heteroatoms. The number of aromatic nitrogens is 3. The Morgan fingerprint density at radius 1 is 1.19 bits per heavy atom. The van der Waals surface area contributed by atoms with Gasteiger partial charge in [0.05, 0.1) is 27.4 Å². The van der Waals surface area contributed by atoms with Crippen LogP contribution < -0.4 is 10.5 Å². The molecule has 0 saturated heterocycles. The number of para-hydroxylation sites is 2. The molecular formula is C19H16N4O2S. The second-order valence-corrected chi connectivity index (χ2v) is 7.07. The number of carbonyl (C=O) groups excluding carboxylic acids is 1. The Kier molecular flexibility index (Phi) is 4.00. The Hall–Kier alpha value is -3.06. The van der Waals surface area contributed by atoms with Crippen LogP contribution in [0.15, 0.2) is 53.6 Å². The van der Waals surface area contributed by atoms with Crippen LogP contribution in [0, 0.1) is 6.92 Å². The summed E-state index contributed by atoms with van der Waals surface area (Å²) in [5.41, 5.74) is 2.24. The molecule has 4 rings (SSSR count). The monoisotopic (exact) mass is 364 g/mol. The number of hydrogen-bond acceptors (Lipinski definition) is 5. The summed E-state index contributed by atoms with van der Waals surface area (Å²) in [6.45, 7) is 1.83. The van der Waals surface area contributed by atoms with Crippen LogP contribution in [0.5, 0.6) is 0 Å². The van der Waals surface area contributed by atoms with Crippen molar-refractivity contribution in [1.29, 1.82) is 0 Å². The van der Waals surface area contributed by atoms with E-state index in [4.69, 9.17) is 0 Å². The molecular weight excluding hydrogens is 348 g/mol. The summed E-state index contributed by atoms with van der Waals surface area (Å²) < 4.78 is 2.36. The molecule has 130 valence electrons. The third-order valence-corrected chi connectivity index (χ3v) is 5.42. The maximum atomic E-state index is 12.7. The average molecular weight is 364 g/mol. The van der Waals surface area contributed by atoms with Crippen LogP contribution >= 0.6 is 11.3 Å². The van der Waals surface area contributed by atoms with Gasteiger partial charge in [0.1, 0.15) is 6.54 Å². The van der Waals surface area contributed by atoms with Gasteiger partial charge >= 0.3 is 0 Å². The zero-order valence-corrected chi connectivity index (χ0v) is 15.2. The molecule has 2 aromatic carbocycles. The van der Waals surface area contributed by atoms with Crippen molar-refractivity contribution in [3.63, 3.8) is 0 Å². The van der Waals surface area contributed by atoms with E-state index in [0.717, 1.165) is 15.8 Å². The lowest BCUT2D eigenvalue weighted by atomic mass is 10.1. The van der Waals surface area contributed by atoms with E-state index in [9.17, 15) is 9.59 Å². The van der Waals surface area contributed by atoms with E-state index in [0.29, 0.717) is 16.0 Å². The van der Waals surface area contributed by atoms with E-state index in [2.05, 4.69) is 9.97 Å². The van der Waals surface area contributed by atoms with Gasteiger partial charge in [-0.15, -0.1) is 0 Å². The number of nitrogens with zero attached hydrogens (tertiary/aromatic N) is 4. The van der Waals surface area contributed by atoms with Crippen LogP contribution in [-0.4, -0.2) is 27.5 Å². The van der Waals surface area contributed by atoms with Crippen molar-refractivity contribution >= 4 is 43.5 Å². The first-order valence-electron chi connectivity index (χ1n) is 8.11. The fourth-order valence-corrected chi connectivity index (χ4v) is 3.76. The minimum atomic E-state index is -0.222. The van der Waals surface area contributed by atoms with Gasteiger partial charge in [-0.3, -0.25) is 19.1 Å². The predicted octanol–water partition coefficient (Wildman–Crippen LogP) is 2.98. The van der Waals surface area contributed by atoms with Gasteiger partial charge < -0.3 is 0 Å². The van der Waals surface area contributed by atoms with Crippen LogP contribution in [0.2, 0.25) is 0 Å². The first-order chi connectivity index (χ1) is 12.5. The van der Waals surface area contributed by atoms with Crippen LogP contribution in [0.25, 0.3) is 21.1 Å². The minimum Gasteiger partial charge on any atom is -0.290 e. The fraction of sp³-hybridized carbons (Fsp3) is 0.158. The minimum absolute atomic E-state index is 0.0812. The fourth-order valence-electron chi connectivity index (χ4n) is 2.81. The Balaban J connectivity index is 1.64. The quantitative estimate of drug-likeness (QED) is 0.560. The van der Waals surface area contributed by atoms with Gasteiger partial charge in [-0.1, -0.05) is 35.6 Å². The van der Waals surface area contributed by atoms with Gasteiger partial charge in [-0.05, 0) is 30.7 Å². The second-order valence-electron chi connectivity index (χ2n) is 6.07. The lowest BCUT2D eigenvalue weighted by molar-refractivity contribution is -0.118. The molecule has 1 amide bonds. The number of fused-ring (bicyclic) bond motifs is 2. The van der Waals surface area contributed by atoms with Crippen molar-refractivity contribution < 1.29 is 4.79 Å². The smallest absolute Gasteiger partial charge is 0.261 e. The SMILES string of the molecule is Cc1cccc2c(=O)n(CC(=O)N(C)c3nc4ccccc4s3)cnc12. The van der Waals surface area contributed by atoms with Crippen molar-refractivity contribution in [1.82, 2.24) is 14.5 Å². The summed E-state index contributed by atoms with van der Waals surface area (Å²) in [4.78, 5) is 35.6. The highest BCUT2D eigenvalue weighted by molar-refractivity contribution is 7.22. The number of benzene rings is 2. The number of amides is 1. The highest BCUT2D eigenvalue weighted by atomic mass is 32.1. The molecule has 0 radical (unpaired) electrons. The van der Waals surface area contributed by atoms with Gasteiger partial charge in [0.2, 0.25) is 5.91 Å². The highest BCUT2D eigenvalue weighted by Crippen LogP contribution is 2.27. The lowest BCUT2D eigenvalue weighted by Gasteiger charge is -2.14. The van der Waals surface area contributed by atoms with Crippen LogP contribution in [-0.2, 0) is 11.3 Å². The Bertz CT molecular complexity index is 1160. The van der Waals surface area contributed by atoms with E-state index in [1.54, 1.807) is 13.1 Å². The number of anilines is 1. The number of carbonyl (C=O) groups is 1. The largest absolute Gasteiger partial charge is 0.290 e. The molecule has 0 atom stereocenters. The number of thiazole rings is 1. The molecule has 0 fully saturated rings. The molecule has 6 nitrogen and oxygen atoms in total. The van der Waals surface area contributed by atoms with E-state index in [-0.39, 0.29) is 18.0 Å². The van der Waals surface area contributed by atoms with Crippen LogP contribution in [0.3, 0.4) is 0 Å². The standard InChI is InChI=1S/C19H16N4O2S/c1-12-6-5-7-13-17(12)20-11-23(18(13)25)10-16(24)22(2)19-21-14-8-3-4-9-15(14)26-19/h3-9,11H,10H2,1-2H3. The summed E-state index contributed by atoms with van der Waals surface area (Å²) in [5, 5.41) is 1.12. The number of rotatable bonds is 3. The van der Waals surface area contributed by atoms with Crippen molar-refractivity contribution in [2.45, 2.75) is 13.5 Å². The molecule has 4 aromatic rings. The molecule has 0 N–H and O–H groups in total. The normalized spacial score (nSPS) is 11.2. The van der Waals surface area contributed by atoms with Crippen LogP contribution in [0.1, 0.15) is 5.56 Å². The summed E-state index contributed by atoms with van der Waals surface area (Å²) in [6.07, 6.45) is 1.43. The number of likely N-dealkylation sites (N-methyl/N-ethyl adjacent to an activating group) is 1. The van der Waals surface area contributed by atoms with E-state index in [1.165, 1.54) is 27.1 Å². The zero-order valence-electron chi connectivity index (χ0n) is 14.3. The number of aryl methyl sites for hydroxylation is 1. The third-order valence-electron chi connectivity index (χ3n) is 4.30. The third kappa shape index (κ3) is 2.76. The Labute approximate surface area is 153 Å². The van der Waals surface area contributed by atoms with Crippen molar-refractivity contribution in [2.75, 3.05) is 11.9 Å². The molecule has 0 saturated carbocycles.